The van der Waals surface area contributed by atoms with Gasteiger partial charge in [0.25, 0.3) is 0 Å². The summed E-state index contributed by atoms with van der Waals surface area (Å²) < 4.78 is 7.71. The van der Waals surface area contributed by atoms with E-state index in [2.05, 4.69) is 25.3 Å². The van der Waals surface area contributed by atoms with Gasteiger partial charge in [-0.05, 0) is 52.8 Å². The molecule has 0 N–H and O–H groups in total. The molecule has 0 atom stereocenters. The molecule has 23 heavy (non-hydrogen) atoms. The highest BCUT2D eigenvalue weighted by atomic mass is 35.5. The molecular weight excluding hydrogens is 333 g/mol. The smallest absolute Gasteiger partial charge is 0.202 e. The highest BCUT2D eigenvalue weighted by Crippen LogP contribution is 2.28. The molecule has 1 aromatic heterocycles. The van der Waals surface area contributed by atoms with Crippen molar-refractivity contribution in [3.05, 3.63) is 51.3 Å². The molecule has 2 aromatic rings. The van der Waals surface area contributed by atoms with E-state index in [1.165, 1.54) is 0 Å². The number of carbonyl (C=O) groups excluding carboxylic acids is 1. The number of ketones is 1. The maximum absolute atomic E-state index is 12.5. The molecule has 2 rings (SSSR count). The van der Waals surface area contributed by atoms with E-state index in [9.17, 15) is 4.79 Å². The van der Waals surface area contributed by atoms with Crippen LogP contribution in [0.4, 0.5) is 0 Å². The van der Waals surface area contributed by atoms with Gasteiger partial charge in [-0.2, -0.15) is 0 Å². The molecule has 1 heterocycles. The molecule has 0 aliphatic heterocycles. The highest BCUT2D eigenvalue weighted by molar-refractivity contribution is 6.34. The van der Waals surface area contributed by atoms with Crippen molar-refractivity contribution in [2.75, 3.05) is 6.61 Å². The number of carbonyl (C=O) groups is 1. The molecule has 0 bridgehead atoms. The molecular formula is C18H21Cl2NO2. The quantitative estimate of drug-likeness (QED) is 0.686. The highest BCUT2D eigenvalue weighted by Gasteiger charge is 2.23. The lowest BCUT2D eigenvalue weighted by molar-refractivity contribution is 0.0920. The van der Waals surface area contributed by atoms with E-state index in [1.54, 1.807) is 18.2 Å². The van der Waals surface area contributed by atoms with Crippen LogP contribution in [0.25, 0.3) is 0 Å². The molecule has 0 aliphatic carbocycles. The summed E-state index contributed by atoms with van der Waals surface area (Å²) in [6, 6.07) is 6.84. The number of hydrogen-bond acceptors (Lipinski definition) is 2. The average molecular weight is 354 g/mol. The number of halogens is 2. The van der Waals surface area contributed by atoms with Crippen LogP contribution in [0.2, 0.25) is 10.0 Å². The Morgan fingerprint density at radius 3 is 2.39 bits per heavy atom. The van der Waals surface area contributed by atoms with Gasteiger partial charge in [0.15, 0.2) is 6.61 Å². The summed E-state index contributed by atoms with van der Waals surface area (Å²) in [4.78, 5) is 12.5. The minimum atomic E-state index is -0.0795. The first kappa shape index (κ1) is 17.9. The fraction of sp³-hybridized carbons (Fsp3) is 0.389. The van der Waals surface area contributed by atoms with Crippen LogP contribution in [0.15, 0.2) is 24.3 Å². The predicted octanol–water partition coefficient (Wildman–Crippen LogP) is 5.43. The first-order valence-electron chi connectivity index (χ1n) is 7.41. The fourth-order valence-corrected chi connectivity index (χ4v) is 3.22. The first-order chi connectivity index (χ1) is 10.6. The van der Waals surface area contributed by atoms with Gasteiger partial charge in [-0.3, -0.25) is 4.79 Å². The molecule has 3 nitrogen and oxygen atoms in total. The van der Waals surface area contributed by atoms with E-state index in [1.807, 2.05) is 19.9 Å². The Morgan fingerprint density at radius 2 is 1.83 bits per heavy atom. The lowest BCUT2D eigenvalue weighted by Crippen LogP contribution is -2.24. The van der Waals surface area contributed by atoms with Gasteiger partial charge >= 0.3 is 0 Å². The van der Waals surface area contributed by atoms with Gasteiger partial charge in [0, 0.05) is 33.6 Å². The van der Waals surface area contributed by atoms with Gasteiger partial charge in [-0.15, -0.1) is 0 Å². The largest absolute Gasteiger partial charge is 0.484 e. The molecule has 0 unspecified atom stereocenters. The zero-order valence-electron chi connectivity index (χ0n) is 14.0. The maximum atomic E-state index is 12.5. The Labute approximate surface area is 147 Å². The zero-order chi connectivity index (χ0) is 17.4. The van der Waals surface area contributed by atoms with E-state index < -0.39 is 0 Å². The van der Waals surface area contributed by atoms with Crippen molar-refractivity contribution >= 4 is 29.0 Å². The number of nitrogens with zero attached hydrogens (tertiary/aromatic N) is 1. The summed E-state index contributed by atoms with van der Waals surface area (Å²) in [5, 5.41) is 0.949. The van der Waals surface area contributed by atoms with E-state index in [0.717, 1.165) is 11.4 Å². The monoisotopic (exact) mass is 353 g/mol. The minimum absolute atomic E-state index is 0.0749. The molecule has 0 saturated carbocycles. The average Bonchev–Trinajstić information content (AvgIpc) is 2.74. The number of aromatic nitrogens is 1. The van der Waals surface area contributed by atoms with Gasteiger partial charge < -0.3 is 9.30 Å². The minimum Gasteiger partial charge on any atom is -0.484 e. The number of hydrogen-bond donors (Lipinski definition) is 0. The van der Waals surface area contributed by atoms with Gasteiger partial charge in [-0.1, -0.05) is 23.2 Å². The van der Waals surface area contributed by atoms with Crippen LogP contribution in [-0.4, -0.2) is 17.0 Å². The van der Waals surface area contributed by atoms with Gasteiger partial charge in [0.1, 0.15) is 5.75 Å². The summed E-state index contributed by atoms with van der Waals surface area (Å²) in [6.07, 6.45) is 0. The lowest BCUT2D eigenvalue weighted by atomic mass is 10.1. The van der Waals surface area contributed by atoms with Crippen molar-refractivity contribution in [1.82, 2.24) is 4.57 Å². The van der Waals surface area contributed by atoms with Crippen molar-refractivity contribution in [1.29, 1.82) is 0 Å². The van der Waals surface area contributed by atoms with E-state index in [4.69, 9.17) is 27.9 Å². The Bertz CT molecular complexity index is 742. The molecule has 124 valence electrons. The van der Waals surface area contributed by atoms with Crippen LogP contribution in [0.3, 0.4) is 0 Å². The number of rotatable bonds is 4. The van der Waals surface area contributed by atoms with Crippen LogP contribution in [0, 0.1) is 13.8 Å². The summed E-state index contributed by atoms with van der Waals surface area (Å²) in [5.41, 5.74) is 2.60. The summed E-state index contributed by atoms with van der Waals surface area (Å²) in [7, 11) is 0. The SMILES string of the molecule is Cc1cc(C(=O)COc2cc(Cl)ccc2Cl)c(C)n1C(C)(C)C. The maximum Gasteiger partial charge on any atom is 0.202 e. The Kier molecular flexibility index (Phi) is 5.12. The summed E-state index contributed by atoms with van der Waals surface area (Å²) in [5.74, 6) is 0.335. The van der Waals surface area contributed by atoms with Crippen LogP contribution in [-0.2, 0) is 5.54 Å². The number of Topliss-reactive ketones (excluding diaryl/α,β-unsaturated/α-hetero) is 1. The van der Waals surface area contributed by atoms with E-state index in [-0.39, 0.29) is 17.9 Å². The van der Waals surface area contributed by atoms with Crippen LogP contribution < -0.4 is 4.74 Å². The van der Waals surface area contributed by atoms with Crippen LogP contribution in [0.1, 0.15) is 42.5 Å². The third-order valence-corrected chi connectivity index (χ3v) is 4.20. The Balaban J connectivity index is 2.21. The molecule has 5 heteroatoms. The standard InChI is InChI=1S/C18H21Cl2NO2/c1-11-8-14(12(2)21(11)18(3,4)5)16(22)10-23-17-9-13(19)6-7-15(17)20/h6-9H,10H2,1-5H3. The van der Waals surface area contributed by atoms with Gasteiger partial charge in [-0.25, -0.2) is 0 Å². The second kappa shape index (κ2) is 6.58. The predicted molar refractivity (Wildman–Crippen MR) is 95.2 cm³/mol. The van der Waals surface area contributed by atoms with Gasteiger partial charge in [0.05, 0.1) is 5.02 Å². The number of aryl methyl sites for hydroxylation is 1. The molecule has 0 saturated heterocycles. The van der Waals surface area contributed by atoms with Gasteiger partial charge in [0.2, 0.25) is 5.78 Å². The molecule has 0 amide bonds. The van der Waals surface area contributed by atoms with Crippen LogP contribution >= 0.6 is 23.2 Å². The fourth-order valence-electron chi connectivity index (χ4n) is 2.89. The molecule has 0 fully saturated rings. The third kappa shape index (κ3) is 3.91. The second-order valence-electron chi connectivity index (χ2n) is 6.58. The van der Waals surface area contributed by atoms with Crippen LogP contribution in [0.5, 0.6) is 5.75 Å². The molecule has 0 radical (unpaired) electrons. The van der Waals surface area contributed by atoms with Crippen molar-refractivity contribution in [3.63, 3.8) is 0 Å². The normalized spacial score (nSPS) is 11.6. The number of ether oxygens (including phenoxy) is 1. The third-order valence-electron chi connectivity index (χ3n) is 3.65. The summed E-state index contributed by atoms with van der Waals surface area (Å²) in [6.45, 7) is 10.2. The molecule has 1 aromatic carbocycles. The topological polar surface area (TPSA) is 31.2 Å². The Morgan fingerprint density at radius 1 is 1.17 bits per heavy atom. The van der Waals surface area contributed by atoms with Crippen molar-refractivity contribution in [2.45, 2.75) is 40.2 Å². The van der Waals surface area contributed by atoms with E-state index >= 15 is 0 Å². The second-order valence-corrected chi connectivity index (χ2v) is 7.42. The van der Waals surface area contributed by atoms with E-state index in [0.29, 0.717) is 21.4 Å². The van der Waals surface area contributed by atoms with Crippen molar-refractivity contribution < 1.29 is 9.53 Å². The summed E-state index contributed by atoms with van der Waals surface area (Å²) >= 11 is 12.0. The molecule has 0 aliphatic rings. The van der Waals surface area contributed by atoms with Crippen molar-refractivity contribution in [3.8, 4) is 5.75 Å². The number of benzene rings is 1. The Hall–Kier alpha value is -1.45. The zero-order valence-corrected chi connectivity index (χ0v) is 15.5. The molecule has 0 spiro atoms. The lowest BCUT2D eigenvalue weighted by Gasteiger charge is -2.25. The van der Waals surface area contributed by atoms with Crippen molar-refractivity contribution in [2.24, 2.45) is 0 Å². The first-order valence-corrected chi connectivity index (χ1v) is 8.17.